The molecule has 7 heteroatoms. The maximum atomic E-state index is 11.2. The van der Waals surface area contributed by atoms with E-state index in [1.807, 2.05) is 0 Å². The molecule has 4 N–H and O–H groups in total. The third-order valence-electron chi connectivity index (χ3n) is 1.62. The van der Waals surface area contributed by atoms with Crippen molar-refractivity contribution in [2.75, 3.05) is 5.32 Å². The van der Waals surface area contributed by atoms with Crippen LogP contribution in [-0.2, 0) is 14.9 Å². The summed E-state index contributed by atoms with van der Waals surface area (Å²) in [4.78, 5) is 11.2. The van der Waals surface area contributed by atoms with Crippen molar-refractivity contribution < 1.29 is 17.8 Å². The second-order valence-electron chi connectivity index (χ2n) is 2.79. The van der Waals surface area contributed by atoms with Gasteiger partial charge in [-0.2, -0.15) is 8.42 Å². The Balaban J connectivity index is 2.73. The summed E-state index contributed by atoms with van der Waals surface area (Å²) in [5.41, 5.74) is 5.40. The van der Waals surface area contributed by atoms with Gasteiger partial charge in [-0.1, -0.05) is 18.2 Å². The second kappa shape index (κ2) is 4.39. The number of hydrogen-bond donors (Lipinski definition) is 3. The van der Waals surface area contributed by atoms with Gasteiger partial charge in [0.25, 0.3) is 16.0 Å². The fourth-order valence-corrected chi connectivity index (χ4v) is 1.20. The molecule has 0 radical (unpaired) electrons. The standard InChI is InChI=1S/C8H10N2O4S/c9-7(15(12,13)14)8(11)10-6-4-2-1-3-5-6/h1-5,7H,9H2,(H,10,11)(H,12,13,14). The molecule has 0 aliphatic carbocycles. The normalized spacial score (nSPS) is 13.2. The van der Waals surface area contributed by atoms with E-state index in [-0.39, 0.29) is 0 Å². The number of benzene rings is 1. The second-order valence-corrected chi connectivity index (χ2v) is 4.33. The largest absolute Gasteiger partial charge is 0.324 e. The van der Waals surface area contributed by atoms with Gasteiger partial charge in [-0.15, -0.1) is 0 Å². The summed E-state index contributed by atoms with van der Waals surface area (Å²) in [6, 6.07) is 8.19. The van der Waals surface area contributed by atoms with Crippen molar-refractivity contribution >= 4 is 21.7 Å². The van der Waals surface area contributed by atoms with Gasteiger partial charge in [0.15, 0.2) is 0 Å². The lowest BCUT2D eigenvalue weighted by molar-refractivity contribution is -0.115. The first-order chi connectivity index (χ1) is 6.91. The number of para-hydroxylation sites is 1. The van der Waals surface area contributed by atoms with E-state index in [0.717, 1.165) is 0 Å². The van der Waals surface area contributed by atoms with E-state index in [4.69, 9.17) is 10.3 Å². The first-order valence-electron chi connectivity index (χ1n) is 3.99. The van der Waals surface area contributed by atoms with E-state index < -0.39 is 21.4 Å². The minimum atomic E-state index is -4.56. The molecule has 0 bridgehead atoms. The summed E-state index contributed by atoms with van der Waals surface area (Å²) >= 11 is 0. The Hall–Kier alpha value is -1.44. The van der Waals surface area contributed by atoms with Crippen LogP contribution < -0.4 is 11.1 Å². The van der Waals surface area contributed by atoms with Crippen molar-refractivity contribution in [3.63, 3.8) is 0 Å². The Bertz CT molecular complexity index is 443. The minimum absolute atomic E-state index is 0.404. The van der Waals surface area contributed by atoms with Crippen molar-refractivity contribution in [2.45, 2.75) is 5.37 Å². The molecule has 0 heterocycles. The maximum absolute atomic E-state index is 11.2. The van der Waals surface area contributed by atoms with Crippen LogP contribution in [-0.4, -0.2) is 24.3 Å². The van der Waals surface area contributed by atoms with Crippen molar-refractivity contribution in [1.29, 1.82) is 0 Å². The quantitative estimate of drug-likeness (QED) is 0.623. The molecule has 82 valence electrons. The van der Waals surface area contributed by atoms with Crippen LogP contribution in [0.1, 0.15) is 0 Å². The fraction of sp³-hybridized carbons (Fsp3) is 0.125. The highest BCUT2D eigenvalue weighted by Gasteiger charge is 2.26. The topological polar surface area (TPSA) is 109 Å². The summed E-state index contributed by atoms with van der Waals surface area (Å²) in [5.74, 6) is -0.983. The minimum Gasteiger partial charge on any atom is -0.324 e. The van der Waals surface area contributed by atoms with Crippen LogP contribution in [0.15, 0.2) is 30.3 Å². The predicted octanol–water partition coefficient (Wildman–Crippen LogP) is -0.202. The number of hydrogen-bond acceptors (Lipinski definition) is 4. The van der Waals surface area contributed by atoms with Crippen molar-refractivity contribution in [3.05, 3.63) is 30.3 Å². The zero-order valence-corrected chi connectivity index (χ0v) is 8.44. The van der Waals surface area contributed by atoms with Gasteiger partial charge in [-0.05, 0) is 12.1 Å². The van der Waals surface area contributed by atoms with E-state index in [1.54, 1.807) is 30.3 Å². The van der Waals surface area contributed by atoms with Gasteiger partial charge in [-0.3, -0.25) is 9.35 Å². The Morgan fingerprint density at radius 3 is 2.33 bits per heavy atom. The summed E-state index contributed by atoms with van der Waals surface area (Å²) in [7, 11) is -4.56. The third kappa shape index (κ3) is 3.31. The highest BCUT2D eigenvalue weighted by molar-refractivity contribution is 7.87. The zero-order valence-electron chi connectivity index (χ0n) is 7.62. The van der Waals surface area contributed by atoms with E-state index in [2.05, 4.69) is 5.32 Å². The molecule has 1 unspecified atom stereocenters. The SMILES string of the molecule is NC(C(=O)Nc1ccccc1)S(=O)(=O)O. The molecule has 0 saturated carbocycles. The molecule has 6 nitrogen and oxygen atoms in total. The van der Waals surface area contributed by atoms with Crippen molar-refractivity contribution in [1.82, 2.24) is 0 Å². The molecule has 1 aromatic carbocycles. The number of anilines is 1. The van der Waals surface area contributed by atoms with Crippen LogP contribution in [0.2, 0.25) is 0 Å². The summed E-state index contributed by atoms with van der Waals surface area (Å²) < 4.78 is 29.6. The van der Waals surface area contributed by atoms with Gasteiger partial charge < -0.3 is 11.1 Å². The van der Waals surface area contributed by atoms with E-state index in [9.17, 15) is 13.2 Å². The van der Waals surface area contributed by atoms with Crippen molar-refractivity contribution in [3.8, 4) is 0 Å². The van der Waals surface area contributed by atoms with Crippen LogP contribution >= 0.6 is 0 Å². The first kappa shape index (κ1) is 11.6. The number of nitrogens with two attached hydrogens (primary N) is 1. The lowest BCUT2D eigenvalue weighted by Gasteiger charge is -2.08. The Morgan fingerprint density at radius 1 is 1.33 bits per heavy atom. The van der Waals surface area contributed by atoms with E-state index in [0.29, 0.717) is 5.69 Å². The molecule has 1 aromatic rings. The molecule has 0 fully saturated rings. The van der Waals surface area contributed by atoms with Gasteiger partial charge in [0.1, 0.15) is 0 Å². The summed E-state index contributed by atoms with van der Waals surface area (Å²) in [5, 5.41) is 0.271. The van der Waals surface area contributed by atoms with Crippen LogP contribution in [0.25, 0.3) is 0 Å². The van der Waals surface area contributed by atoms with E-state index in [1.165, 1.54) is 0 Å². The molecule has 0 saturated heterocycles. The maximum Gasteiger partial charge on any atom is 0.290 e. The highest BCUT2D eigenvalue weighted by Crippen LogP contribution is 2.06. The summed E-state index contributed by atoms with van der Waals surface area (Å²) in [6.45, 7) is 0. The Labute approximate surface area is 86.8 Å². The van der Waals surface area contributed by atoms with Crippen molar-refractivity contribution in [2.24, 2.45) is 5.73 Å². The van der Waals surface area contributed by atoms with Gasteiger partial charge in [0.2, 0.25) is 5.37 Å². The molecule has 0 spiro atoms. The number of carbonyl (C=O) groups is 1. The fourth-order valence-electron chi connectivity index (χ4n) is 0.870. The molecule has 1 amide bonds. The number of amides is 1. The monoisotopic (exact) mass is 230 g/mol. The third-order valence-corrected chi connectivity index (χ3v) is 2.48. The molecule has 0 aromatic heterocycles. The molecule has 0 aliphatic heterocycles. The van der Waals surface area contributed by atoms with Gasteiger partial charge in [0, 0.05) is 5.69 Å². The average molecular weight is 230 g/mol. The van der Waals surface area contributed by atoms with Gasteiger partial charge >= 0.3 is 0 Å². The Morgan fingerprint density at radius 2 is 1.87 bits per heavy atom. The smallest absolute Gasteiger partial charge is 0.290 e. The lowest BCUT2D eigenvalue weighted by atomic mass is 10.3. The summed E-state index contributed by atoms with van der Waals surface area (Å²) in [6.07, 6.45) is 0. The predicted molar refractivity (Wildman–Crippen MR) is 54.6 cm³/mol. The molecular weight excluding hydrogens is 220 g/mol. The Kier molecular flexibility index (Phi) is 3.40. The number of carbonyl (C=O) groups excluding carboxylic acids is 1. The highest BCUT2D eigenvalue weighted by atomic mass is 32.2. The van der Waals surface area contributed by atoms with Crippen LogP contribution in [0, 0.1) is 0 Å². The molecule has 15 heavy (non-hydrogen) atoms. The molecular formula is C8H10N2O4S. The average Bonchev–Trinajstić information content (AvgIpc) is 2.16. The molecule has 0 aliphatic rings. The molecule has 1 atom stereocenters. The van der Waals surface area contributed by atoms with Crippen LogP contribution in [0.3, 0.4) is 0 Å². The van der Waals surface area contributed by atoms with Crippen LogP contribution in [0.4, 0.5) is 5.69 Å². The van der Waals surface area contributed by atoms with E-state index >= 15 is 0 Å². The van der Waals surface area contributed by atoms with Gasteiger partial charge in [0.05, 0.1) is 0 Å². The van der Waals surface area contributed by atoms with Gasteiger partial charge in [-0.25, -0.2) is 0 Å². The lowest BCUT2D eigenvalue weighted by Crippen LogP contribution is -2.41. The number of rotatable bonds is 3. The first-order valence-corrected chi connectivity index (χ1v) is 5.49. The molecule has 1 rings (SSSR count). The zero-order chi connectivity index (χ0) is 11.5. The van der Waals surface area contributed by atoms with Crippen LogP contribution in [0.5, 0.6) is 0 Å². The number of nitrogens with one attached hydrogen (secondary N) is 1.